The molecule has 0 saturated heterocycles. The molecule has 0 unspecified atom stereocenters. The van der Waals surface area contributed by atoms with Crippen molar-refractivity contribution in [3.05, 3.63) is 29.8 Å². The molecule has 0 aromatic heterocycles. The molecular weight excluding hydrogens is 270 g/mol. The lowest BCUT2D eigenvalue weighted by atomic mass is 9.78. The molecule has 5 heteroatoms. The summed E-state index contributed by atoms with van der Waals surface area (Å²) in [5.74, 6) is -2.38. The Bertz CT molecular complexity index is 567. The van der Waals surface area contributed by atoms with E-state index < -0.39 is 17.8 Å². The number of aliphatic carboxylic acids is 1. The molecule has 2 atom stereocenters. The fraction of sp³-hybridized carbons (Fsp3) is 0.438. The Kier molecular flexibility index (Phi) is 4.73. The Hall–Kier alpha value is -2.17. The van der Waals surface area contributed by atoms with Crippen molar-refractivity contribution >= 4 is 23.3 Å². The SMILES string of the molecule is CC(=O)c1cccc(NC(=O)[C@H]2CCCC[C@@H]2C(=O)O)c1. The van der Waals surface area contributed by atoms with Gasteiger partial charge in [-0.2, -0.15) is 0 Å². The monoisotopic (exact) mass is 289 g/mol. The van der Waals surface area contributed by atoms with Crippen LogP contribution in [0.15, 0.2) is 24.3 Å². The first-order valence-corrected chi connectivity index (χ1v) is 7.13. The molecule has 0 heterocycles. The minimum Gasteiger partial charge on any atom is -0.481 e. The van der Waals surface area contributed by atoms with Gasteiger partial charge in [0.2, 0.25) is 5.91 Å². The van der Waals surface area contributed by atoms with Gasteiger partial charge in [0.25, 0.3) is 0 Å². The van der Waals surface area contributed by atoms with Crippen LogP contribution < -0.4 is 5.32 Å². The van der Waals surface area contributed by atoms with Gasteiger partial charge in [-0.05, 0) is 31.9 Å². The van der Waals surface area contributed by atoms with E-state index in [-0.39, 0.29) is 11.7 Å². The number of anilines is 1. The minimum absolute atomic E-state index is 0.0767. The van der Waals surface area contributed by atoms with E-state index in [9.17, 15) is 19.5 Å². The second-order valence-corrected chi connectivity index (χ2v) is 5.46. The third-order valence-electron chi connectivity index (χ3n) is 3.96. The summed E-state index contributed by atoms with van der Waals surface area (Å²) in [6.45, 7) is 1.46. The van der Waals surface area contributed by atoms with Crippen molar-refractivity contribution in [2.24, 2.45) is 11.8 Å². The van der Waals surface area contributed by atoms with E-state index in [1.165, 1.54) is 6.92 Å². The van der Waals surface area contributed by atoms with Gasteiger partial charge in [0.1, 0.15) is 0 Å². The molecule has 1 amide bonds. The normalized spacial score (nSPS) is 21.6. The lowest BCUT2D eigenvalue weighted by Crippen LogP contribution is -2.36. The van der Waals surface area contributed by atoms with Crippen LogP contribution >= 0.6 is 0 Å². The van der Waals surface area contributed by atoms with Gasteiger partial charge in [0.05, 0.1) is 11.8 Å². The Morgan fingerprint density at radius 2 is 1.81 bits per heavy atom. The molecule has 0 bridgehead atoms. The van der Waals surface area contributed by atoms with E-state index in [2.05, 4.69) is 5.32 Å². The van der Waals surface area contributed by atoms with Crippen LogP contribution in [0.4, 0.5) is 5.69 Å². The van der Waals surface area contributed by atoms with Gasteiger partial charge in [-0.3, -0.25) is 14.4 Å². The predicted molar refractivity (Wildman–Crippen MR) is 78.2 cm³/mol. The van der Waals surface area contributed by atoms with E-state index in [1.54, 1.807) is 24.3 Å². The van der Waals surface area contributed by atoms with Crippen LogP contribution in [0.2, 0.25) is 0 Å². The van der Waals surface area contributed by atoms with Gasteiger partial charge < -0.3 is 10.4 Å². The summed E-state index contributed by atoms with van der Waals surface area (Å²) in [6.07, 6.45) is 2.85. The summed E-state index contributed by atoms with van der Waals surface area (Å²) in [4.78, 5) is 34.9. The van der Waals surface area contributed by atoms with E-state index >= 15 is 0 Å². The van der Waals surface area contributed by atoms with Gasteiger partial charge in [-0.15, -0.1) is 0 Å². The summed E-state index contributed by atoms with van der Waals surface area (Å²) in [7, 11) is 0. The third kappa shape index (κ3) is 3.68. The van der Waals surface area contributed by atoms with Crippen LogP contribution in [0.1, 0.15) is 43.0 Å². The highest BCUT2D eigenvalue weighted by molar-refractivity contribution is 5.98. The first-order valence-electron chi connectivity index (χ1n) is 7.13. The highest BCUT2D eigenvalue weighted by Gasteiger charge is 2.35. The van der Waals surface area contributed by atoms with Crippen molar-refractivity contribution in [1.82, 2.24) is 0 Å². The van der Waals surface area contributed by atoms with Crippen LogP contribution in [-0.4, -0.2) is 22.8 Å². The molecule has 1 saturated carbocycles. The number of carbonyl (C=O) groups excluding carboxylic acids is 2. The second-order valence-electron chi connectivity index (χ2n) is 5.46. The maximum absolute atomic E-state index is 12.3. The topological polar surface area (TPSA) is 83.5 Å². The highest BCUT2D eigenvalue weighted by Crippen LogP contribution is 2.31. The fourth-order valence-electron chi connectivity index (χ4n) is 2.79. The van der Waals surface area contributed by atoms with Gasteiger partial charge in [-0.25, -0.2) is 0 Å². The molecule has 112 valence electrons. The number of Topliss-reactive ketones (excluding diaryl/α,β-unsaturated/α-hetero) is 1. The van der Waals surface area contributed by atoms with E-state index in [1.807, 2.05) is 0 Å². The smallest absolute Gasteiger partial charge is 0.307 e. The van der Waals surface area contributed by atoms with Crippen molar-refractivity contribution in [3.8, 4) is 0 Å². The van der Waals surface area contributed by atoms with Gasteiger partial charge in [0, 0.05) is 11.3 Å². The maximum Gasteiger partial charge on any atom is 0.307 e. The molecule has 1 aromatic carbocycles. The molecule has 1 aromatic rings. The van der Waals surface area contributed by atoms with Crippen LogP contribution in [0.5, 0.6) is 0 Å². The number of carboxylic acids is 1. The lowest BCUT2D eigenvalue weighted by Gasteiger charge is -2.27. The first-order chi connectivity index (χ1) is 9.99. The fourth-order valence-corrected chi connectivity index (χ4v) is 2.79. The molecule has 2 N–H and O–H groups in total. The number of nitrogens with one attached hydrogen (secondary N) is 1. The van der Waals surface area contributed by atoms with Crippen molar-refractivity contribution in [2.75, 3.05) is 5.32 Å². The molecule has 1 aliphatic carbocycles. The van der Waals surface area contributed by atoms with Gasteiger partial charge in [-0.1, -0.05) is 25.0 Å². The van der Waals surface area contributed by atoms with Crippen LogP contribution in [0.25, 0.3) is 0 Å². The molecule has 0 radical (unpaired) electrons. The van der Waals surface area contributed by atoms with Crippen molar-refractivity contribution < 1.29 is 19.5 Å². The Balaban J connectivity index is 2.11. The molecular formula is C16H19NO4. The molecule has 1 aliphatic rings. The lowest BCUT2D eigenvalue weighted by molar-refractivity contribution is -0.147. The third-order valence-corrected chi connectivity index (χ3v) is 3.96. The van der Waals surface area contributed by atoms with Crippen molar-refractivity contribution in [2.45, 2.75) is 32.6 Å². The largest absolute Gasteiger partial charge is 0.481 e. The quantitative estimate of drug-likeness (QED) is 0.835. The summed E-state index contributed by atoms with van der Waals surface area (Å²) < 4.78 is 0. The van der Waals surface area contributed by atoms with Gasteiger partial charge in [0.15, 0.2) is 5.78 Å². The summed E-state index contributed by atoms with van der Waals surface area (Å²) in [6, 6.07) is 6.68. The predicted octanol–water partition coefficient (Wildman–Crippen LogP) is 2.72. The number of ketones is 1. The minimum atomic E-state index is -0.910. The molecule has 2 rings (SSSR count). The maximum atomic E-state index is 12.3. The number of carbonyl (C=O) groups is 3. The van der Waals surface area contributed by atoms with Crippen molar-refractivity contribution in [3.63, 3.8) is 0 Å². The van der Waals surface area contributed by atoms with E-state index in [0.717, 1.165) is 12.8 Å². The van der Waals surface area contributed by atoms with E-state index in [0.29, 0.717) is 24.1 Å². The Morgan fingerprint density at radius 1 is 1.14 bits per heavy atom. The number of amides is 1. The Morgan fingerprint density at radius 3 is 2.43 bits per heavy atom. The average Bonchev–Trinajstić information content (AvgIpc) is 2.47. The zero-order valence-electron chi connectivity index (χ0n) is 12.0. The summed E-state index contributed by atoms with van der Waals surface area (Å²) >= 11 is 0. The molecule has 1 fully saturated rings. The molecule has 21 heavy (non-hydrogen) atoms. The summed E-state index contributed by atoms with van der Waals surface area (Å²) in [5.41, 5.74) is 1.05. The highest BCUT2D eigenvalue weighted by atomic mass is 16.4. The van der Waals surface area contributed by atoms with Crippen LogP contribution in [-0.2, 0) is 9.59 Å². The van der Waals surface area contributed by atoms with Crippen molar-refractivity contribution in [1.29, 1.82) is 0 Å². The Labute approximate surface area is 123 Å². The van der Waals surface area contributed by atoms with Crippen LogP contribution in [0.3, 0.4) is 0 Å². The standard InChI is InChI=1S/C16H19NO4/c1-10(18)11-5-4-6-12(9-11)17-15(19)13-7-2-3-8-14(13)16(20)21/h4-6,9,13-14H,2-3,7-8H2,1H3,(H,17,19)(H,20,21)/t13-,14-/m0/s1. The first kappa shape index (κ1) is 15.2. The molecule has 0 spiro atoms. The van der Waals surface area contributed by atoms with Crippen LogP contribution in [0, 0.1) is 11.8 Å². The number of benzene rings is 1. The zero-order chi connectivity index (χ0) is 15.4. The number of hydrogen-bond donors (Lipinski definition) is 2. The van der Waals surface area contributed by atoms with E-state index in [4.69, 9.17) is 0 Å². The molecule has 0 aliphatic heterocycles. The number of carboxylic acid groups (broad SMARTS) is 1. The number of rotatable bonds is 4. The number of hydrogen-bond acceptors (Lipinski definition) is 3. The molecule has 5 nitrogen and oxygen atoms in total. The second kappa shape index (κ2) is 6.52. The average molecular weight is 289 g/mol. The van der Waals surface area contributed by atoms with Gasteiger partial charge >= 0.3 is 5.97 Å². The zero-order valence-corrected chi connectivity index (χ0v) is 12.0. The summed E-state index contributed by atoms with van der Waals surface area (Å²) in [5, 5.41) is 12.0.